The molecular weight excluding hydrogens is 458 g/mol. The molecule has 0 radical (unpaired) electrons. The van der Waals surface area contributed by atoms with Crippen LogP contribution in [0.25, 0.3) is 0 Å². The van der Waals surface area contributed by atoms with Crippen molar-refractivity contribution in [3.8, 4) is 0 Å². The highest BCUT2D eigenvalue weighted by atomic mass is 79.9. The fraction of sp³-hybridized carbons (Fsp3) is 0.267. The average molecular weight is 474 g/mol. The minimum absolute atomic E-state index is 0.0478. The van der Waals surface area contributed by atoms with Crippen molar-refractivity contribution < 1.29 is 22.9 Å². The van der Waals surface area contributed by atoms with Crippen LogP contribution in [0.15, 0.2) is 39.8 Å². The first-order valence-corrected chi connectivity index (χ1v) is 10.1. The number of rotatable bonds is 7. The highest BCUT2D eigenvalue weighted by Gasteiger charge is 2.27. The van der Waals surface area contributed by atoms with Crippen molar-refractivity contribution in [3.63, 3.8) is 0 Å². The number of hydrogen-bond donors (Lipinski definition) is 2. The predicted molar refractivity (Wildman–Crippen MR) is 102 cm³/mol. The molecule has 1 heterocycles. The lowest BCUT2D eigenvalue weighted by Gasteiger charge is -2.11. The van der Waals surface area contributed by atoms with Crippen LogP contribution in [0.1, 0.15) is 19.5 Å². The van der Waals surface area contributed by atoms with Gasteiger partial charge in [0.2, 0.25) is 5.95 Å². The highest BCUT2D eigenvalue weighted by molar-refractivity contribution is 9.10. The van der Waals surface area contributed by atoms with Crippen molar-refractivity contribution in [1.29, 1.82) is 0 Å². The van der Waals surface area contributed by atoms with Gasteiger partial charge in [0.1, 0.15) is 0 Å². The van der Waals surface area contributed by atoms with Gasteiger partial charge < -0.3 is 4.74 Å². The summed E-state index contributed by atoms with van der Waals surface area (Å²) >= 11 is 3.25. The van der Waals surface area contributed by atoms with Crippen molar-refractivity contribution in [3.05, 3.63) is 50.7 Å². The molecule has 2 aromatic rings. The molecule has 0 unspecified atom stereocenters. The number of nitro groups is 1. The molecule has 0 saturated heterocycles. The zero-order valence-corrected chi connectivity index (χ0v) is 17.2. The molecule has 11 nitrogen and oxygen atoms in total. The first-order chi connectivity index (χ1) is 13.1. The predicted octanol–water partition coefficient (Wildman–Crippen LogP) is 2.58. The molecule has 2 amide bonds. The summed E-state index contributed by atoms with van der Waals surface area (Å²) in [6, 6.07) is 3.49. The summed E-state index contributed by atoms with van der Waals surface area (Å²) < 4.78 is 32.3. The standard InChI is InChI=1S/C15H16BrN5O6S/c1-9(2)27-8-11-10(16)7-17-14(18-11)19-15(22)20-28(25,26)13-6-4-3-5-12(13)21(23)24/h3-7,9H,8H2,1-2H3,(H2,17,18,19,20,22). The number of sulfonamides is 1. The van der Waals surface area contributed by atoms with Crippen LogP contribution >= 0.6 is 15.9 Å². The van der Waals surface area contributed by atoms with Crippen molar-refractivity contribution in [2.75, 3.05) is 5.32 Å². The molecule has 0 fully saturated rings. The maximum Gasteiger partial charge on any atom is 0.335 e. The Morgan fingerprint density at radius 2 is 2.04 bits per heavy atom. The smallest absolute Gasteiger partial charge is 0.335 e. The largest absolute Gasteiger partial charge is 0.372 e. The minimum Gasteiger partial charge on any atom is -0.372 e. The van der Waals surface area contributed by atoms with Gasteiger partial charge in [-0.2, -0.15) is 0 Å². The van der Waals surface area contributed by atoms with Gasteiger partial charge in [0, 0.05) is 12.3 Å². The van der Waals surface area contributed by atoms with Gasteiger partial charge in [0.15, 0.2) is 4.90 Å². The minimum atomic E-state index is -4.49. The van der Waals surface area contributed by atoms with E-state index < -0.39 is 31.6 Å². The molecule has 0 spiro atoms. The van der Waals surface area contributed by atoms with Gasteiger partial charge in [-0.25, -0.2) is 27.9 Å². The summed E-state index contributed by atoms with van der Waals surface area (Å²) in [4.78, 5) is 29.5. The number of nitrogens with zero attached hydrogens (tertiary/aromatic N) is 3. The van der Waals surface area contributed by atoms with Gasteiger partial charge in [-0.05, 0) is 35.8 Å². The van der Waals surface area contributed by atoms with E-state index in [2.05, 4.69) is 31.2 Å². The number of para-hydroxylation sites is 1. The SMILES string of the molecule is CC(C)OCc1nc(NC(=O)NS(=O)(=O)c2ccccc2[N+](=O)[O-])ncc1Br. The van der Waals surface area contributed by atoms with E-state index in [0.29, 0.717) is 10.2 Å². The Bertz CT molecular complexity index is 998. The summed E-state index contributed by atoms with van der Waals surface area (Å²) in [7, 11) is -4.49. The molecular formula is C15H16BrN5O6S. The van der Waals surface area contributed by atoms with Crippen LogP contribution < -0.4 is 10.0 Å². The lowest BCUT2D eigenvalue weighted by Crippen LogP contribution is -2.35. The molecule has 2 rings (SSSR count). The van der Waals surface area contributed by atoms with E-state index >= 15 is 0 Å². The Balaban J connectivity index is 2.16. The van der Waals surface area contributed by atoms with Gasteiger partial charge in [0.25, 0.3) is 15.7 Å². The topological polar surface area (TPSA) is 153 Å². The summed E-state index contributed by atoms with van der Waals surface area (Å²) in [5.74, 6) is -0.166. The average Bonchev–Trinajstić information content (AvgIpc) is 2.61. The second-order valence-corrected chi connectivity index (χ2v) is 8.14. The van der Waals surface area contributed by atoms with Crippen LogP contribution in [-0.2, 0) is 21.4 Å². The van der Waals surface area contributed by atoms with Crippen LogP contribution in [0.5, 0.6) is 0 Å². The molecule has 28 heavy (non-hydrogen) atoms. The third-order valence-corrected chi connectivity index (χ3v) is 5.21. The number of anilines is 1. The number of aromatic nitrogens is 2. The van der Waals surface area contributed by atoms with Gasteiger partial charge >= 0.3 is 6.03 Å². The summed E-state index contributed by atoms with van der Waals surface area (Å²) in [5.41, 5.74) is -0.212. The van der Waals surface area contributed by atoms with Crippen LogP contribution in [0, 0.1) is 10.1 Å². The molecule has 0 aliphatic heterocycles. The molecule has 1 aromatic heterocycles. The number of carbonyl (C=O) groups excluding carboxylic acids is 1. The van der Waals surface area contributed by atoms with E-state index in [4.69, 9.17) is 4.74 Å². The Hall–Kier alpha value is -2.64. The normalized spacial score (nSPS) is 11.3. The number of carbonyl (C=O) groups is 1. The van der Waals surface area contributed by atoms with Crippen molar-refractivity contribution >= 4 is 43.6 Å². The maximum absolute atomic E-state index is 12.3. The molecule has 13 heteroatoms. The quantitative estimate of drug-likeness (QED) is 0.459. The third kappa shape index (κ3) is 5.68. The lowest BCUT2D eigenvalue weighted by atomic mass is 10.3. The lowest BCUT2D eigenvalue weighted by molar-refractivity contribution is -0.387. The zero-order valence-electron chi connectivity index (χ0n) is 14.7. The van der Waals surface area contributed by atoms with Gasteiger partial charge in [-0.15, -0.1) is 0 Å². The molecule has 0 bridgehead atoms. The molecule has 0 aliphatic carbocycles. The number of halogens is 1. The number of benzene rings is 1. The summed E-state index contributed by atoms with van der Waals surface area (Å²) in [6.07, 6.45) is 1.33. The second-order valence-electron chi connectivity index (χ2n) is 5.63. The fourth-order valence-electron chi connectivity index (χ4n) is 1.95. The number of amides is 2. The molecule has 1 aromatic carbocycles. The number of hydrogen-bond acceptors (Lipinski definition) is 8. The van der Waals surface area contributed by atoms with Crippen LogP contribution in [-0.4, -0.2) is 35.4 Å². The molecule has 2 N–H and O–H groups in total. The van der Waals surface area contributed by atoms with Crippen LogP contribution in [0.2, 0.25) is 0 Å². The molecule has 0 atom stereocenters. The van der Waals surface area contributed by atoms with Crippen LogP contribution in [0.4, 0.5) is 16.4 Å². The summed E-state index contributed by atoms with van der Waals surface area (Å²) in [5, 5.41) is 13.2. The van der Waals surface area contributed by atoms with E-state index in [9.17, 15) is 23.3 Å². The number of nitro benzene ring substituents is 1. The maximum atomic E-state index is 12.3. The van der Waals surface area contributed by atoms with E-state index in [0.717, 1.165) is 12.1 Å². The Morgan fingerprint density at radius 3 is 2.68 bits per heavy atom. The van der Waals surface area contributed by atoms with Gasteiger partial charge in [-0.1, -0.05) is 12.1 Å². The van der Waals surface area contributed by atoms with Crippen molar-refractivity contribution in [1.82, 2.24) is 14.7 Å². The Labute approximate surface area is 168 Å². The van der Waals surface area contributed by atoms with E-state index in [1.54, 1.807) is 4.72 Å². The monoisotopic (exact) mass is 473 g/mol. The third-order valence-electron chi connectivity index (χ3n) is 3.17. The van der Waals surface area contributed by atoms with Crippen molar-refractivity contribution in [2.24, 2.45) is 0 Å². The molecule has 0 saturated carbocycles. The van der Waals surface area contributed by atoms with Crippen molar-refractivity contribution in [2.45, 2.75) is 31.5 Å². The fourth-order valence-corrected chi connectivity index (χ4v) is 3.33. The number of nitrogens with one attached hydrogen (secondary N) is 2. The van der Waals surface area contributed by atoms with E-state index in [-0.39, 0.29) is 18.7 Å². The Kier molecular flexibility index (Phi) is 6.99. The first kappa shape index (κ1) is 21.7. The van der Waals surface area contributed by atoms with Gasteiger partial charge in [0.05, 0.1) is 27.8 Å². The van der Waals surface area contributed by atoms with E-state index in [1.807, 2.05) is 13.8 Å². The van der Waals surface area contributed by atoms with Gasteiger partial charge in [-0.3, -0.25) is 15.4 Å². The number of urea groups is 1. The Morgan fingerprint density at radius 1 is 1.36 bits per heavy atom. The molecule has 0 aliphatic rings. The van der Waals surface area contributed by atoms with E-state index in [1.165, 1.54) is 18.3 Å². The second kappa shape index (κ2) is 9.03. The number of ether oxygens (including phenoxy) is 1. The van der Waals surface area contributed by atoms with Crippen LogP contribution in [0.3, 0.4) is 0 Å². The summed E-state index contributed by atoms with van der Waals surface area (Å²) in [6.45, 7) is 3.83. The molecule has 150 valence electrons. The highest BCUT2D eigenvalue weighted by Crippen LogP contribution is 2.22. The zero-order chi connectivity index (χ0) is 20.9. The first-order valence-electron chi connectivity index (χ1n) is 7.80.